The second-order valence-electron chi connectivity index (χ2n) is 1.13. The van der Waals surface area contributed by atoms with Gasteiger partial charge >= 0.3 is 5.97 Å². The number of nitrogens with two attached hydrogens (primary N) is 1. The van der Waals surface area contributed by atoms with Gasteiger partial charge in [0.05, 0.1) is 0 Å². The molecule has 0 aliphatic heterocycles. The van der Waals surface area contributed by atoms with Crippen molar-refractivity contribution in [3.05, 3.63) is 0 Å². The summed E-state index contributed by atoms with van der Waals surface area (Å²) < 4.78 is 0. The van der Waals surface area contributed by atoms with Crippen molar-refractivity contribution in [3.63, 3.8) is 0 Å². The monoisotopic (exact) mass is 90.1 g/mol. The Balaban J connectivity index is 3.26. The maximum atomic E-state index is 9.57. The minimum atomic E-state index is -0.963. The molecule has 0 unspecified atom stereocenters. The van der Waals surface area contributed by atoms with Crippen LogP contribution in [0.3, 0.4) is 0 Å². The molecular formula is C3H7NO2. The largest absolute Gasteiger partial charge is 0.480 e. The predicted molar refractivity (Wildman–Crippen MR) is 21.3 cm³/mol. The van der Waals surface area contributed by atoms with Crippen LogP contribution in [0.25, 0.3) is 0 Å². The summed E-state index contributed by atoms with van der Waals surface area (Å²) in [7, 11) is 0. The first-order valence-electron chi connectivity index (χ1n) is 1.63. The molecule has 3 N–H and O–H groups in total. The Morgan fingerprint density at radius 3 is 2.17 bits per heavy atom. The highest BCUT2D eigenvalue weighted by Gasteiger charge is 1.99. The van der Waals surface area contributed by atoms with Crippen molar-refractivity contribution in [2.45, 2.75) is 13.0 Å². The fourth-order valence-corrected chi connectivity index (χ4v) is 0. The molecule has 0 radical (unpaired) electrons. The van der Waals surface area contributed by atoms with Crippen molar-refractivity contribution in [1.29, 1.82) is 0 Å². The molecule has 0 fully saturated rings. The molecule has 0 aromatic carbocycles. The molecule has 0 saturated heterocycles. The van der Waals surface area contributed by atoms with Gasteiger partial charge < -0.3 is 10.8 Å². The molecule has 0 aliphatic carbocycles. The van der Waals surface area contributed by atoms with E-state index in [1.807, 2.05) is 0 Å². The number of carboxylic acids is 1. The molecule has 0 rings (SSSR count). The van der Waals surface area contributed by atoms with Crippen LogP contribution in [-0.4, -0.2) is 17.1 Å². The van der Waals surface area contributed by atoms with Gasteiger partial charge in [0.2, 0.25) is 0 Å². The number of hydrogen-bond donors (Lipinski definition) is 2. The van der Waals surface area contributed by atoms with Gasteiger partial charge in [0.1, 0.15) is 6.04 Å². The summed E-state index contributed by atoms with van der Waals surface area (Å²) in [6, 6.07) is -0.731. The lowest BCUT2D eigenvalue weighted by Crippen LogP contribution is -2.25. The highest BCUT2D eigenvalue weighted by atomic mass is 16.4. The molecule has 0 aromatic heterocycles. The third kappa shape index (κ3) is 1.72. The molecule has 0 saturated carbocycles. The molecule has 1 atom stereocenters. The zero-order valence-electron chi connectivity index (χ0n) is 3.51. The van der Waals surface area contributed by atoms with Crippen LogP contribution in [0.15, 0.2) is 0 Å². The molecule has 0 bridgehead atoms. The predicted octanol–water partition coefficient (Wildman–Crippen LogP) is -0.582. The van der Waals surface area contributed by atoms with Gasteiger partial charge in [-0.25, -0.2) is 0 Å². The molecule has 6 heavy (non-hydrogen) atoms. The van der Waals surface area contributed by atoms with E-state index in [9.17, 15) is 4.79 Å². The fourth-order valence-electron chi connectivity index (χ4n) is 0. The van der Waals surface area contributed by atoms with Gasteiger partial charge in [-0.1, -0.05) is 0 Å². The van der Waals surface area contributed by atoms with Crippen LogP contribution in [0.2, 0.25) is 0 Å². The molecule has 3 nitrogen and oxygen atoms in total. The number of aliphatic carboxylic acids is 1. The van der Waals surface area contributed by atoms with Crippen LogP contribution < -0.4 is 5.73 Å². The molecule has 0 aliphatic rings. The van der Waals surface area contributed by atoms with E-state index in [4.69, 9.17) is 10.8 Å². The van der Waals surface area contributed by atoms with Gasteiger partial charge in [0, 0.05) is 0 Å². The van der Waals surface area contributed by atoms with Gasteiger partial charge in [-0.2, -0.15) is 0 Å². The third-order valence-electron chi connectivity index (χ3n) is 0.390. The van der Waals surface area contributed by atoms with Crippen molar-refractivity contribution >= 4 is 5.97 Å². The molecule has 3 heteroatoms. The minimum absolute atomic E-state index is 0.731. The zero-order valence-corrected chi connectivity index (χ0v) is 3.51. The molecule has 0 heterocycles. The summed E-state index contributed by atoms with van der Waals surface area (Å²) in [6.45, 7) is 1.42. The lowest BCUT2D eigenvalue weighted by atomic mass is 10.5. The van der Waals surface area contributed by atoms with Gasteiger partial charge in [-0.05, 0) is 6.92 Å². The van der Waals surface area contributed by atoms with E-state index in [0.717, 1.165) is 0 Å². The van der Waals surface area contributed by atoms with Gasteiger partial charge in [-0.15, -0.1) is 0 Å². The summed E-state index contributed by atoms with van der Waals surface area (Å²) in [5.41, 5.74) is 4.84. The van der Waals surface area contributed by atoms with Crippen molar-refractivity contribution in [2.75, 3.05) is 0 Å². The number of carboxylic acid groups (broad SMARTS) is 1. The quantitative estimate of drug-likeness (QED) is 0.423. The second kappa shape index (κ2) is 1.77. The van der Waals surface area contributed by atoms with E-state index >= 15 is 0 Å². The summed E-state index contributed by atoms with van der Waals surface area (Å²) >= 11 is 0. The number of carbonyl (C=O) groups is 1. The Morgan fingerprint density at radius 2 is 2.17 bits per heavy atom. The lowest BCUT2D eigenvalue weighted by molar-refractivity contribution is -0.138. The van der Waals surface area contributed by atoms with Crippen LogP contribution in [0.1, 0.15) is 6.92 Å². The number of rotatable bonds is 1. The van der Waals surface area contributed by atoms with Crippen LogP contribution in [0.4, 0.5) is 0 Å². The van der Waals surface area contributed by atoms with Gasteiger partial charge in [0.25, 0.3) is 0 Å². The molecule has 0 spiro atoms. The SMILES string of the molecule is [13CH3][C@@H](N)C(=O)O. The van der Waals surface area contributed by atoms with Crippen LogP contribution in [0, 0.1) is 0 Å². The van der Waals surface area contributed by atoms with E-state index in [2.05, 4.69) is 0 Å². The average molecular weight is 90.1 g/mol. The van der Waals surface area contributed by atoms with Crippen molar-refractivity contribution in [2.24, 2.45) is 5.73 Å². The normalized spacial score (nSPS) is 13.7. The van der Waals surface area contributed by atoms with Crippen LogP contribution in [-0.2, 0) is 4.79 Å². The van der Waals surface area contributed by atoms with Crippen molar-refractivity contribution < 1.29 is 9.90 Å². The summed E-state index contributed by atoms with van der Waals surface area (Å²) in [6.07, 6.45) is 0. The summed E-state index contributed by atoms with van der Waals surface area (Å²) in [4.78, 5) is 9.57. The Morgan fingerprint density at radius 1 is 2.00 bits per heavy atom. The van der Waals surface area contributed by atoms with Crippen LogP contribution in [0.5, 0.6) is 0 Å². The van der Waals surface area contributed by atoms with E-state index < -0.39 is 12.0 Å². The Kier molecular flexibility index (Phi) is 1.60. The average Bonchev–Trinajstić information content (AvgIpc) is 1.36. The highest BCUT2D eigenvalue weighted by molar-refractivity contribution is 5.72. The molecular weight excluding hydrogens is 83.0 g/mol. The first kappa shape index (κ1) is 5.43. The highest BCUT2D eigenvalue weighted by Crippen LogP contribution is 1.68. The Hall–Kier alpha value is -0.570. The maximum absolute atomic E-state index is 9.57. The standard InChI is InChI=1S/C3H7NO2/c1-2(4)3(5)6/h2H,4H2,1H3,(H,5,6)/t2-/m1/s1/i1+1. The second-order valence-corrected chi connectivity index (χ2v) is 1.13. The van der Waals surface area contributed by atoms with Gasteiger partial charge in [0.15, 0.2) is 0 Å². The van der Waals surface area contributed by atoms with Crippen molar-refractivity contribution in [1.82, 2.24) is 0 Å². The third-order valence-corrected chi connectivity index (χ3v) is 0.390. The lowest BCUT2D eigenvalue weighted by Gasteiger charge is -1.90. The first-order valence-corrected chi connectivity index (χ1v) is 1.63. The van der Waals surface area contributed by atoms with E-state index in [-0.39, 0.29) is 0 Å². The van der Waals surface area contributed by atoms with E-state index in [0.29, 0.717) is 0 Å². The minimum Gasteiger partial charge on any atom is -0.480 e. The molecule has 0 amide bonds. The molecule has 36 valence electrons. The Labute approximate surface area is 35.8 Å². The van der Waals surface area contributed by atoms with E-state index in [1.54, 1.807) is 0 Å². The topological polar surface area (TPSA) is 63.3 Å². The summed E-state index contributed by atoms with van der Waals surface area (Å²) in [5, 5.41) is 7.87. The zero-order chi connectivity index (χ0) is 5.15. The van der Waals surface area contributed by atoms with Gasteiger partial charge in [-0.3, -0.25) is 4.79 Å². The summed E-state index contributed by atoms with van der Waals surface area (Å²) in [5.74, 6) is -0.963. The number of hydrogen-bond acceptors (Lipinski definition) is 2. The first-order chi connectivity index (χ1) is 2.64. The molecule has 0 aromatic rings. The van der Waals surface area contributed by atoms with E-state index in [1.165, 1.54) is 6.92 Å². The van der Waals surface area contributed by atoms with Crippen LogP contribution >= 0.6 is 0 Å². The smallest absolute Gasteiger partial charge is 0.320 e. The fraction of sp³-hybridized carbons (Fsp3) is 0.667. The van der Waals surface area contributed by atoms with Crippen molar-refractivity contribution in [3.8, 4) is 0 Å². The maximum Gasteiger partial charge on any atom is 0.320 e. The Bertz CT molecular complexity index is 59.8.